The third-order valence-corrected chi connectivity index (χ3v) is 4.42. The predicted octanol–water partition coefficient (Wildman–Crippen LogP) is 0.489. The van der Waals surface area contributed by atoms with Gasteiger partial charge in [0.05, 0.1) is 13.2 Å². The first kappa shape index (κ1) is 17.5. The fourth-order valence-corrected chi connectivity index (χ4v) is 3.06. The monoisotopic (exact) mass is 311 g/mol. The zero-order valence-electron chi connectivity index (χ0n) is 13.9. The molecule has 2 aliphatic rings. The van der Waals surface area contributed by atoms with Crippen LogP contribution in [0.1, 0.15) is 32.1 Å². The molecule has 0 aromatic rings. The van der Waals surface area contributed by atoms with Crippen LogP contribution >= 0.6 is 0 Å². The number of nitrogens with zero attached hydrogens (tertiary/aromatic N) is 3. The average molecular weight is 311 g/mol. The Morgan fingerprint density at radius 1 is 0.955 bits per heavy atom. The van der Waals surface area contributed by atoms with Crippen LogP contribution in [0.5, 0.6) is 0 Å². The first-order valence-corrected chi connectivity index (χ1v) is 8.91. The van der Waals surface area contributed by atoms with E-state index in [0.29, 0.717) is 5.96 Å². The summed E-state index contributed by atoms with van der Waals surface area (Å²) in [6.45, 7) is 10.5. The van der Waals surface area contributed by atoms with Crippen molar-refractivity contribution in [3.63, 3.8) is 0 Å². The van der Waals surface area contributed by atoms with Gasteiger partial charge in [-0.2, -0.15) is 0 Å². The lowest BCUT2D eigenvalue weighted by Crippen LogP contribution is -2.37. The molecular formula is C16H33N5O. The van der Waals surface area contributed by atoms with Crippen molar-refractivity contribution in [2.24, 2.45) is 10.7 Å². The van der Waals surface area contributed by atoms with Crippen LogP contribution < -0.4 is 11.1 Å². The van der Waals surface area contributed by atoms with Gasteiger partial charge in [0, 0.05) is 32.7 Å². The summed E-state index contributed by atoms with van der Waals surface area (Å²) in [5.74, 6) is 0.600. The Labute approximate surface area is 135 Å². The van der Waals surface area contributed by atoms with E-state index in [4.69, 9.17) is 10.5 Å². The molecular weight excluding hydrogens is 278 g/mol. The summed E-state index contributed by atoms with van der Waals surface area (Å²) in [4.78, 5) is 9.39. The van der Waals surface area contributed by atoms with Gasteiger partial charge in [0.15, 0.2) is 5.96 Å². The molecule has 2 heterocycles. The number of morpholine rings is 1. The van der Waals surface area contributed by atoms with Crippen LogP contribution in [0.15, 0.2) is 4.99 Å². The van der Waals surface area contributed by atoms with E-state index in [0.717, 1.165) is 52.4 Å². The predicted molar refractivity (Wildman–Crippen MR) is 91.3 cm³/mol. The fraction of sp³-hybridized carbons (Fsp3) is 0.938. The van der Waals surface area contributed by atoms with Crippen LogP contribution in [0.4, 0.5) is 0 Å². The van der Waals surface area contributed by atoms with E-state index in [9.17, 15) is 0 Å². The maximum absolute atomic E-state index is 5.89. The zero-order valence-corrected chi connectivity index (χ0v) is 13.9. The smallest absolute Gasteiger partial charge is 0.188 e. The Kier molecular flexibility index (Phi) is 8.60. The fourth-order valence-electron chi connectivity index (χ4n) is 3.06. The van der Waals surface area contributed by atoms with Crippen molar-refractivity contribution in [3.8, 4) is 0 Å². The largest absolute Gasteiger partial charge is 0.379 e. The highest BCUT2D eigenvalue weighted by atomic mass is 16.5. The summed E-state index contributed by atoms with van der Waals surface area (Å²) in [6.07, 6.45) is 6.24. The highest BCUT2D eigenvalue weighted by Gasteiger charge is 2.10. The van der Waals surface area contributed by atoms with Crippen LogP contribution in [-0.4, -0.2) is 81.3 Å². The Balaban J connectivity index is 1.41. The molecule has 0 aromatic heterocycles. The lowest BCUT2D eigenvalue weighted by molar-refractivity contribution is 0.0377. The first-order chi connectivity index (χ1) is 10.8. The highest BCUT2D eigenvalue weighted by Crippen LogP contribution is 2.07. The quantitative estimate of drug-likeness (QED) is 0.368. The van der Waals surface area contributed by atoms with Gasteiger partial charge in [0.25, 0.3) is 0 Å². The third-order valence-electron chi connectivity index (χ3n) is 4.42. The highest BCUT2D eigenvalue weighted by molar-refractivity contribution is 5.77. The van der Waals surface area contributed by atoms with Crippen LogP contribution in [0, 0.1) is 0 Å². The molecule has 0 bridgehead atoms. The molecule has 2 saturated heterocycles. The number of nitrogens with two attached hydrogens (primary N) is 1. The number of rotatable bonds is 9. The molecule has 6 nitrogen and oxygen atoms in total. The molecule has 0 atom stereocenters. The molecule has 128 valence electrons. The lowest BCUT2D eigenvalue weighted by Gasteiger charge is -2.26. The molecule has 2 fully saturated rings. The van der Waals surface area contributed by atoms with Crippen LogP contribution in [0.3, 0.4) is 0 Å². The molecule has 0 saturated carbocycles. The molecule has 2 aliphatic heterocycles. The van der Waals surface area contributed by atoms with E-state index < -0.39 is 0 Å². The normalized spacial score (nSPS) is 21.4. The number of likely N-dealkylation sites (tertiary alicyclic amines) is 1. The topological polar surface area (TPSA) is 66.1 Å². The van der Waals surface area contributed by atoms with E-state index in [1.165, 1.54) is 45.3 Å². The number of nitrogens with one attached hydrogen (secondary N) is 1. The minimum Gasteiger partial charge on any atom is -0.379 e. The third kappa shape index (κ3) is 7.42. The second kappa shape index (κ2) is 10.8. The minimum atomic E-state index is 0.600. The summed E-state index contributed by atoms with van der Waals surface area (Å²) >= 11 is 0. The number of ether oxygens (including phenoxy) is 1. The standard InChI is InChI=1S/C16H33N5O/c17-16(18-6-1-2-8-20-9-3-4-10-20)19-7-5-11-21-12-14-22-15-13-21/h1-15H2,(H3,17,18,19). The Bertz CT molecular complexity index is 312. The Morgan fingerprint density at radius 3 is 2.41 bits per heavy atom. The van der Waals surface area contributed by atoms with Crippen molar-refractivity contribution in [2.45, 2.75) is 32.1 Å². The number of hydrogen-bond donors (Lipinski definition) is 2. The van der Waals surface area contributed by atoms with Crippen molar-refractivity contribution < 1.29 is 4.74 Å². The number of hydrogen-bond acceptors (Lipinski definition) is 4. The SMILES string of the molecule is NC(=NCCCN1CCOCC1)NCCCCN1CCCC1. The Morgan fingerprint density at radius 2 is 1.64 bits per heavy atom. The van der Waals surface area contributed by atoms with Crippen LogP contribution in [0.2, 0.25) is 0 Å². The summed E-state index contributed by atoms with van der Waals surface area (Å²) in [5, 5.41) is 3.22. The van der Waals surface area contributed by atoms with Crippen molar-refractivity contribution in [2.75, 3.05) is 65.6 Å². The zero-order chi connectivity index (χ0) is 15.5. The van der Waals surface area contributed by atoms with Gasteiger partial charge in [0.2, 0.25) is 0 Å². The second-order valence-corrected chi connectivity index (χ2v) is 6.26. The maximum atomic E-state index is 5.89. The molecule has 22 heavy (non-hydrogen) atoms. The molecule has 0 aliphatic carbocycles. The lowest BCUT2D eigenvalue weighted by atomic mass is 10.3. The Hall–Kier alpha value is -0.850. The van der Waals surface area contributed by atoms with Gasteiger partial charge < -0.3 is 20.7 Å². The van der Waals surface area contributed by atoms with Gasteiger partial charge >= 0.3 is 0 Å². The molecule has 0 amide bonds. The van der Waals surface area contributed by atoms with Crippen molar-refractivity contribution in [3.05, 3.63) is 0 Å². The van der Waals surface area contributed by atoms with Gasteiger partial charge in [-0.05, 0) is 51.7 Å². The molecule has 3 N–H and O–H groups in total. The number of unbranched alkanes of at least 4 members (excludes halogenated alkanes) is 1. The van der Waals surface area contributed by atoms with Crippen LogP contribution in [-0.2, 0) is 4.74 Å². The molecule has 0 radical (unpaired) electrons. The van der Waals surface area contributed by atoms with E-state index in [-0.39, 0.29) is 0 Å². The van der Waals surface area contributed by atoms with Gasteiger partial charge in [-0.1, -0.05) is 0 Å². The average Bonchev–Trinajstić information content (AvgIpc) is 3.06. The van der Waals surface area contributed by atoms with Crippen molar-refractivity contribution in [1.29, 1.82) is 0 Å². The molecule has 2 rings (SSSR count). The van der Waals surface area contributed by atoms with E-state index >= 15 is 0 Å². The summed E-state index contributed by atoms with van der Waals surface area (Å²) < 4.78 is 5.34. The molecule has 0 unspecified atom stereocenters. The first-order valence-electron chi connectivity index (χ1n) is 8.91. The number of aliphatic imine (C=N–C) groups is 1. The van der Waals surface area contributed by atoms with Crippen LogP contribution in [0.25, 0.3) is 0 Å². The van der Waals surface area contributed by atoms with Gasteiger partial charge in [-0.25, -0.2) is 0 Å². The summed E-state index contributed by atoms with van der Waals surface area (Å²) in [7, 11) is 0. The maximum Gasteiger partial charge on any atom is 0.188 e. The molecule has 0 aromatic carbocycles. The van der Waals surface area contributed by atoms with E-state index in [2.05, 4.69) is 20.1 Å². The van der Waals surface area contributed by atoms with Crippen molar-refractivity contribution in [1.82, 2.24) is 15.1 Å². The van der Waals surface area contributed by atoms with Gasteiger partial charge in [-0.15, -0.1) is 0 Å². The minimum absolute atomic E-state index is 0.600. The van der Waals surface area contributed by atoms with E-state index in [1.807, 2.05) is 0 Å². The van der Waals surface area contributed by atoms with Gasteiger partial charge in [-0.3, -0.25) is 9.89 Å². The molecule has 0 spiro atoms. The second-order valence-electron chi connectivity index (χ2n) is 6.26. The van der Waals surface area contributed by atoms with Crippen molar-refractivity contribution >= 4 is 5.96 Å². The summed E-state index contributed by atoms with van der Waals surface area (Å²) in [6, 6.07) is 0. The summed E-state index contributed by atoms with van der Waals surface area (Å²) in [5.41, 5.74) is 5.89. The number of guanidine groups is 1. The van der Waals surface area contributed by atoms with E-state index in [1.54, 1.807) is 0 Å². The molecule has 6 heteroatoms. The van der Waals surface area contributed by atoms with Gasteiger partial charge in [0.1, 0.15) is 0 Å².